The first kappa shape index (κ1) is 42.7. The number of para-hydroxylation sites is 1. The molecule has 1 saturated heterocycles. The maximum atomic E-state index is 14.0. The van der Waals surface area contributed by atoms with E-state index in [9.17, 15) is 44.4 Å². The van der Waals surface area contributed by atoms with Gasteiger partial charge in [0.1, 0.15) is 54.3 Å². The number of benzene rings is 3. The van der Waals surface area contributed by atoms with Crippen molar-refractivity contribution in [1.82, 2.24) is 20.9 Å². The van der Waals surface area contributed by atoms with Crippen molar-refractivity contribution < 1.29 is 53.9 Å². The molecular formula is C41H51N5O11. The third kappa shape index (κ3) is 10.7. The van der Waals surface area contributed by atoms with E-state index in [1.165, 1.54) is 37.1 Å². The summed E-state index contributed by atoms with van der Waals surface area (Å²) in [6, 6.07) is 17.2. The summed E-state index contributed by atoms with van der Waals surface area (Å²) < 4.78 is 11.1. The van der Waals surface area contributed by atoms with Crippen LogP contribution in [0, 0.1) is 5.92 Å². The molecule has 0 spiro atoms. The van der Waals surface area contributed by atoms with Gasteiger partial charge in [-0.2, -0.15) is 0 Å². The average Bonchev–Trinajstić information content (AvgIpc) is 3.19. The van der Waals surface area contributed by atoms with Crippen LogP contribution in [0.3, 0.4) is 0 Å². The van der Waals surface area contributed by atoms with E-state index in [0.717, 1.165) is 5.56 Å². The van der Waals surface area contributed by atoms with Crippen molar-refractivity contribution in [3.63, 3.8) is 0 Å². The molecule has 1 unspecified atom stereocenters. The average molecular weight is 790 g/mol. The van der Waals surface area contributed by atoms with Crippen LogP contribution in [-0.2, 0) is 36.8 Å². The van der Waals surface area contributed by atoms with Crippen LogP contribution >= 0.6 is 0 Å². The summed E-state index contributed by atoms with van der Waals surface area (Å²) in [5.74, 6) is -2.98. The van der Waals surface area contributed by atoms with Gasteiger partial charge < -0.3 is 56.1 Å². The van der Waals surface area contributed by atoms with Crippen molar-refractivity contribution in [1.29, 1.82) is 0 Å². The van der Waals surface area contributed by atoms with E-state index in [1.54, 1.807) is 30.3 Å². The van der Waals surface area contributed by atoms with Crippen LogP contribution in [0.5, 0.6) is 5.75 Å². The van der Waals surface area contributed by atoms with E-state index in [2.05, 4.69) is 21.3 Å². The van der Waals surface area contributed by atoms with Crippen molar-refractivity contribution in [2.24, 2.45) is 5.92 Å². The van der Waals surface area contributed by atoms with Gasteiger partial charge in [0.05, 0.1) is 17.9 Å². The lowest BCUT2D eigenvalue weighted by Gasteiger charge is -2.39. The number of nitrogens with zero attached hydrogens (tertiary/aromatic N) is 1. The molecule has 3 aromatic carbocycles. The van der Waals surface area contributed by atoms with Gasteiger partial charge in [-0.15, -0.1) is 0 Å². The number of amides is 5. The predicted octanol–water partition coefficient (Wildman–Crippen LogP) is 0.264. The monoisotopic (exact) mass is 789 g/mol. The van der Waals surface area contributed by atoms with Crippen LogP contribution in [0.2, 0.25) is 0 Å². The molecule has 0 aromatic heterocycles. The molecule has 16 heteroatoms. The molecule has 57 heavy (non-hydrogen) atoms. The molecular weight excluding hydrogens is 738 g/mol. The number of nitrogens with one attached hydrogen (secondary N) is 4. The number of ether oxygens (including phenoxy) is 2. The molecule has 306 valence electrons. The van der Waals surface area contributed by atoms with Crippen LogP contribution < -0.4 is 26.0 Å². The fraction of sp³-hybridized carbons (Fsp3) is 0.439. The number of aliphatic hydroxyl groups excluding tert-OH is 4. The Morgan fingerprint density at radius 2 is 1.37 bits per heavy atom. The third-order valence-corrected chi connectivity index (χ3v) is 9.97. The highest BCUT2D eigenvalue weighted by Gasteiger charge is 2.45. The minimum atomic E-state index is -1.63. The summed E-state index contributed by atoms with van der Waals surface area (Å²) in [5, 5.41) is 51.2. The Balaban J connectivity index is 1.44. The van der Waals surface area contributed by atoms with Gasteiger partial charge in [0.25, 0.3) is 5.91 Å². The first-order chi connectivity index (χ1) is 27.2. The molecule has 0 saturated carbocycles. The molecule has 2 heterocycles. The van der Waals surface area contributed by atoms with Crippen LogP contribution in [0.4, 0.5) is 5.69 Å². The van der Waals surface area contributed by atoms with E-state index in [4.69, 9.17) is 9.47 Å². The molecule has 1 fully saturated rings. The Morgan fingerprint density at radius 1 is 0.737 bits per heavy atom. The number of carbonyl (C=O) groups is 5. The fourth-order valence-corrected chi connectivity index (χ4v) is 6.74. The minimum Gasteiger partial charge on any atom is -0.462 e. The van der Waals surface area contributed by atoms with Gasteiger partial charge >= 0.3 is 0 Å². The summed E-state index contributed by atoms with van der Waals surface area (Å²) in [4.78, 5) is 70.9. The van der Waals surface area contributed by atoms with E-state index < -0.39 is 91.0 Å². The van der Waals surface area contributed by atoms with Crippen molar-refractivity contribution in [3.05, 3.63) is 95.6 Å². The van der Waals surface area contributed by atoms with E-state index in [1.807, 2.05) is 44.2 Å². The molecule has 16 nitrogen and oxygen atoms in total. The van der Waals surface area contributed by atoms with Gasteiger partial charge in [-0.3, -0.25) is 24.0 Å². The molecule has 9 atom stereocenters. The standard InChI is InChI=1S/C41H51N5O11/c1-22(2)18-29-38(53)45-30(19-25-14-16-26(17-15-25)56-41-35(50)34(49)33(48)32(21-47)57-41)37(52)42-23(3)40(55)46(4)31(20-24-10-6-5-7-11-24)39(54)43-28-13-9-8-12-27(28)36(51)44-29/h5-17,22-23,29-35,41,47-50H,18-21H2,1-4H3,(H,42,52)(H,43,54)(H,44,51)(H,45,53)/t23-,29-,30-,31?,32+,33+,34-,35+,41+/m0/s1. The van der Waals surface area contributed by atoms with Crippen molar-refractivity contribution >= 4 is 35.2 Å². The zero-order chi connectivity index (χ0) is 41.4. The molecule has 3 aromatic rings. The Labute approximate surface area is 330 Å². The van der Waals surface area contributed by atoms with Crippen LogP contribution in [0.15, 0.2) is 78.9 Å². The first-order valence-corrected chi connectivity index (χ1v) is 18.8. The van der Waals surface area contributed by atoms with Crippen molar-refractivity contribution in [3.8, 4) is 5.75 Å². The highest BCUT2D eigenvalue weighted by Crippen LogP contribution is 2.25. The second-order valence-electron chi connectivity index (χ2n) is 14.8. The Hall–Kier alpha value is -5.39. The third-order valence-electron chi connectivity index (χ3n) is 9.97. The van der Waals surface area contributed by atoms with Crippen molar-refractivity contribution in [2.75, 3.05) is 19.0 Å². The van der Waals surface area contributed by atoms with Crippen molar-refractivity contribution in [2.45, 2.75) is 94.9 Å². The largest absolute Gasteiger partial charge is 0.462 e. The predicted molar refractivity (Wildman–Crippen MR) is 207 cm³/mol. The number of carbonyl (C=O) groups excluding carboxylic acids is 5. The quantitative estimate of drug-likeness (QED) is 0.147. The molecule has 5 rings (SSSR count). The topological polar surface area (TPSA) is 236 Å². The molecule has 8 N–H and O–H groups in total. The molecule has 0 bridgehead atoms. The van der Waals surface area contributed by atoms with Gasteiger partial charge in [0.15, 0.2) is 0 Å². The van der Waals surface area contributed by atoms with E-state index in [0.29, 0.717) is 5.56 Å². The highest BCUT2D eigenvalue weighted by atomic mass is 16.7. The number of rotatable bonds is 9. The maximum Gasteiger partial charge on any atom is 0.254 e. The van der Waals surface area contributed by atoms with Crippen LogP contribution in [0.1, 0.15) is 48.7 Å². The first-order valence-electron chi connectivity index (χ1n) is 18.8. The van der Waals surface area contributed by atoms with Gasteiger partial charge in [0.2, 0.25) is 29.9 Å². The second kappa shape index (κ2) is 19.2. The second-order valence-corrected chi connectivity index (χ2v) is 14.8. The molecule has 5 amide bonds. The van der Waals surface area contributed by atoms with E-state index in [-0.39, 0.29) is 42.2 Å². The smallest absolute Gasteiger partial charge is 0.254 e. The summed E-state index contributed by atoms with van der Waals surface area (Å²) in [7, 11) is 1.46. The SMILES string of the molecule is CC(C)C[C@@H]1NC(=O)c2ccccc2NC(=O)C(Cc2ccccc2)N(C)C(=O)[C@H](C)NC(=O)[C@H](Cc2ccc(O[C@@H]3O[C@H](CO)[C@@H](O)[C@H](O)[C@H]3O)cc2)NC1=O. The van der Waals surface area contributed by atoms with Gasteiger partial charge in [-0.05, 0) is 54.7 Å². The lowest BCUT2D eigenvalue weighted by atomic mass is 9.99. The lowest BCUT2D eigenvalue weighted by Crippen LogP contribution is -2.60. The molecule has 2 aliphatic rings. The summed E-state index contributed by atoms with van der Waals surface area (Å²) >= 11 is 0. The van der Waals surface area contributed by atoms with Gasteiger partial charge in [-0.1, -0.05) is 68.4 Å². The Bertz CT molecular complexity index is 1880. The van der Waals surface area contributed by atoms with Gasteiger partial charge in [-0.25, -0.2) is 0 Å². The number of hydrogen-bond acceptors (Lipinski definition) is 11. The minimum absolute atomic E-state index is 0.0583. The maximum absolute atomic E-state index is 14.0. The number of hydrogen-bond donors (Lipinski definition) is 8. The Morgan fingerprint density at radius 3 is 2.04 bits per heavy atom. The number of likely N-dealkylation sites (N-methyl/N-ethyl adjacent to an activating group) is 1. The summed E-state index contributed by atoms with van der Waals surface area (Å²) in [5.41, 5.74) is 1.60. The fourth-order valence-electron chi connectivity index (χ4n) is 6.74. The molecule has 2 aliphatic heterocycles. The number of fused-ring (bicyclic) bond motifs is 1. The lowest BCUT2D eigenvalue weighted by molar-refractivity contribution is -0.277. The van der Waals surface area contributed by atoms with E-state index >= 15 is 0 Å². The Kier molecular flexibility index (Phi) is 14.4. The molecule has 0 radical (unpaired) electrons. The van der Waals surface area contributed by atoms with Crippen LogP contribution in [-0.4, -0.2) is 123 Å². The van der Waals surface area contributed by atoms with Crippen LogP contribution in [0.25, 0.3) is 0 Å². The zero-order valence-electron chi connectivity index (χ0n) is 32.2. The number of anilines is 1. The molecule has 0 aliphatic carbocycles. The number of aliphatic hydroxyl groups is 4. The highest BCUT2D eigenvalue weighted by molar-refractivity contribution is 6.07. The normalized spacial score (nSPS) is 27.8. The van der Waals surface area contributed by atoms with Gasteiger partial charge in [0, 0.05) is 19.9 Å². The summed E-state index contributed by atoms with van der Waals surface area (Å²) in [6.07, 6.45) is -7.12. The summed E-state index contributed by atoms with van der Waals surface area (Å²) in [6.45, 7) is 4.61. The zero-order valence-corrected chi connectivity index (χ0v) is 32.2.